The zero-order valence-corrected chi connectivity index (χ0v) is 11.8. The monoisotopic (exact) mass is 286 g/mol. The molecule has 0 saturated carbocycles. The molecule has 1 unspecified atom stereocenters. The lowest BCUT2D eigenvalue weighted by Gasteiger charge is -2.12. The van der Waals surface area contributed by atoms with Gasteiger partial charge in [-0.25, -0.2) is 0 Å². The third kappa shape index (κ3) is 4.54. The van der Waals surface area contributed by atoms with Crippen LogP contribution in [0.4, 0.5) is 0 Å². The maximum Gasteiger partial charge on any atom is 0.237 e. The van der Waals surface area contributed by atoms with Gasteiger partial charge in [-0.2, -0.15) is 0 Å². The Bertz CT molecular complexity index is 596. The van der Waals surface area contributed by atoms with E-state index in [0.29, 0.717) is 18.7 Å². The fourth-order valence-corrected chi connectivity index (χ4v) is 1.80. The molecule has 1 amide bonds. The van der Waals surface area contributed by atoms with Crippen LogP contribution in [-0.2, 0) is 17.8 Å². The first-order valence-corrected chi connectivity index (χ1v) is 6.63. The van der Waals surface area contributed by atoms with E-state index in [2.05, 4.69) is 15.3 Å². The Morgan fingerprint density at radius 2 is 2.00 bits per heavy atom. The Kier molecular flexibility index (Phi) is 4.84. The lowest BCUT2D eigenvalue weighted by atomic mass is 10.1. The topological polar surface area (TPSA) is 101 Å². The number of hydrogen-bond acceptors (Lipinski definition) is 5. The molecule has 110 valence electrons. The number of nitrogens with two attached hydrogens (primary N) is 1. The molecule has 0 radical (unpaired) electrons. The number of aromatic nitrogens is 2. The highest BCUT2D eigenvalue weighted by Crippen LogP contribution is 2.10. The Balaban J connectivity index is 1.84. The molecule has 6 nitrogen and oxygen atoms in total. The Morgan fingerprint density at radius 3 is 2.62 bits per heavy atom. The largest absolute Gasteiger partial charge is 0.508 e. The second-order valence-corrected chi connectivity index (χ2v) is 4.84. The fourth-order valence-electron chi connectivity index (χ4n) is 1.80. The molecule has 1 atom stereocenters. The molecule has 0 aliphatic heterocycles. The van der Waals surface area contributed by atoms with Gasteiger partial charge in [0.15, 0.2) is 0 Å². The number of aromatic hydroxyl groups is 1. The van der Waals surface area contributed by atoms with E-state index in [1.165, 1.54) is 0 Å². The summed E-state index contributed by atoms with van der Waals surface area (Å²) < 4.78 is 0. The number of phenols is 1. The Hall–Kier alpha value is -2.47. The highest BCUT2D eigenvalue weighted by molar-refractivity contribution is 5.81. The number of amides is 1. The Labute approximate surface area is 123 Å². The Morgan fingerprint density at radius 1 is 1.29 bits per heavy atom. The molecule has 0 saturated heterocycles. The van der Waals surface area contributed by atoms with Gasteiger partial charge in [0.1, 0.15) is 5.75 Å². The average Bonchev–Trinajstić information content (AvgIpc) is 2.48. The molecular formula is C15H18N4O2. The summed E-state index contributed by atoms with van der Waals surface area (Å²) in [5.41, 5.74) is 8.27. The first-order valence-electron chi connectivity index (χ1n) is 6.63. The van der Waals surface area contributed by atoms with E-state index in [-0.39, 0.29) is 11.7 Å². The van der Waals surface area contributed by atoms with Crippen molar-refractivity contribution >= 4 is 5.91 Å². The number of hydrogen-bond donors (Lipinski definition) is 3. The normalized spacial score (nSPS) is 11.9. The van der Waals surface area contributed by atoms with Crippen LogP contribution in [0.5, 0.6) is 5.75 Å². The molecule has 21 heavy (non-hydrogen) atoms. The zero-order valence-electron chi connectivity index (χ0n) is 11.8. The zero-order chi connectivity index (χ0) is 15.2. The molecule has 0 spiro atoms. The molecule has 1 heterocycles. The highest BCUT2D eigenvalue weighted by atomic mass is 16.3. The van der Waals surface area contributed by atoms with E-state index in [1.807, 2.05) is 6.92 Å². The van der Waals surface area contributed by atoms with Gasteiger partial charge in [0, 0.05) is 6.20 Å². The molecule has 4 N–H and O–H groups in total. The number of carbonyl (C=O) groups excluding carboxylic acids is 1. The third-order valence-electron chi connectivity index (χ3n) is 3.01. The molecule has 0 fully saturated rings. The van der Waals surface area contributed by atoms with E-state index >= 15 is 0 Å². The number of nitrogens with zero attached hydrogens (tertiary/aromatic N) is 2. The first kappa shape index (κ1) is 14.9. The van der Waals surface area contributed by atoms with Gasteiger partial charge in [-0.3, -0.25) is 14.8 Å². The maximum atomic E-state index is 11.9. The fraction of sp³-hybridized carbons (Fsp3) is 0.267. The van der Waals surface area contributed by atoms with Gasteiger partial charge < -0.3 is 16.2 Å². The van der Waals surface area contributed by atoms with Gasteiger partial charge in [-0.15, -0.1) is 0 Å². The molecule has 0 bridgehead atoms. The minimum atomic E-state index is -0.645. The highest BCUT2D eigenvalue weighted by Gasteiger charge is 2.14. The minimum absolute atomic E-state index is 0.190. The molecule has 0 aliphatic carbocycles. The van der Waals surface area contributed by atoms with Crippen molar-refractivity contribution in [2.75, 3.05) is 0 Å². The van der Waals surface area contributed by atoms with Gasteiger partial charge in [0.25, 0.3) is 0 Å². The molecule has 0 aliphatic rings. The SMILES string of the molecule is Cc1cnc(CNC(=O)C(N)Cc2ccc(O)cc2)cn1. The summed E-state index contributed by atoms with van der Waals surface area (Å²) in [6.45, 7) is 2.15. The van der Waals surface area contributed by atoms with E-state index < -0.39 is 6.04 Å². The van der Waals surface area contributed by atoms with Crippen molar-refractivity contribution < 1.29 is 9.90 Å². The number of benzene rings is 1. The van der Waals surface area contributed by atoms with Crippen LogP contribution in [0.15, 0.2) is 36.7 Å². The molecule has 2 rings (SSSR count). The van der Waals surface area contributed by atoms with Crippen LogP contribution in [0.2, 0.25) is 0 Å². The van der Waals surface area contributed by atoms with Crippen molar-refractivity contribution in [1.29, 1.82) is 0 Å². The van der Waals surface area contributed by atoms with E-state index in [1.54, 1.807) is 36.7 Å². The second kappa shape index (κ2) is 6.81. The summed E-state index contributed by atoms with van der Waals surface area (Å²) >= 11 is 0. The lowest BCUT2D eigenvalue weighted by molar-refractivity contribution is -0.122. The van der Waals surface area contributed by atoms with Gasteiger partial charge in [-0.1, -0.05) is 12.1 Å². The maximum absolute atomic E-state index is 11.9. The summed E-state index contributed by atoms with van der Waals surface area (Å²) in [7, 11) is 0. The smallest absolute Gasteiger partial charge is 0.237 e. The number of rotatable bonds is 5. The number of aryl methyl sites for hydroxylation is 1. The van der Waals surface area contributed by atoms with Crippen LogP contribution in [-0.4, -0.2) is 27.0 Å². The van der Waals surface area contributed by atoms with Crippen LogP contribution >= 0.6 is 0 Å². The summed E-state index contributed by atoms with van der Waals surface area (Å²) in [5.74, 6) is -0.0554. The predicted molar refractivity (Wildman–Crippen MR) is 78.4 cm³/mol. The van der Waals surface area contributed by atoms with Crippen LogP contribution < -0.4 is 11.1 Å². The standard InChI is InChI=1S/C15H18N4O2/c1-10-7-18-12(8-17-10)9-19-15(21)14(16)6-11-2-4-13(20)5-3-11/h2-5,7-8,14,20H,6,9,16H2,1H3,(H,19,21). The molecule has 2 aromatic rings. The third-order valence-corrected chi connectivity index (χ3v) is 3.01. The van der Waals surface area contributed by atoms with Crippen molar-refractivity contribution in [2.24, 2.45) is 5.73 Å². The van der Waals surface area contributed by atoms with Crippen LogP contribution in [0, 0.1) is 6.92 Å². The van der Waals surface area contributed by atoms with Crippen molar-refractivity contribution in [3.63, 3.8) is 0 Å². The van der Waals surface area contributed by atoms with Crippen molar-refractivity contribution in [3.8, 4) is 5.75 Å². The van der Waals surface area contributed by atoms with Crippen LogP contribution in [0.25, 0.3) is 0 Å². The van der Waals surface area contributed by atoms with Crippen LogP contribution in [0.1, 0.15) is 17.0 Å². The predicted octanol–water partition coefficient (Wildman–Crippen LogP) is 0.677. The molecule has 1 aromatic carbocycles. The molecule has 1 aromatic heterocycles. The van der Waals surface area contributed by atoms with Crippen molar-refractivity contribution in [1.82, 2.24) is 15.3 Å². The number of carbonyl (C=O) groups is 1. The van der Waals surface area contributed by atoms with Crippen molar-refractivity contribution in [2.45, 2.75) is 25.9 Å². The first-order chi connectivity index (χ1) is 10.0. The van der Waals surface area contributed by atoms with E-state index in [0.717, 1.165) is 11.3 Å². The summed E-state index contributed by atoms with van der Waals surface area (Å²) in [6.07, 6.45) is 3.69. The molecule has 6 heteroatoms. The summed E-state index contributed by atoms with van der Waals surface area (Å²) in [4.78, 5) is 20.2. The van der Waals surface area contributed by atoms with Gasteiger partial charge in [0.2, 0.25) is 5.91 Å². The average molecular weight is 286 g/mol. The number of nitrogens with one attached hydrogen (secondary N) is 1. The molecular weight excluding hydrogens is 268 g/mol. The lowest BCUT2D eigenvalue weighted by Crippen LogP contribution is -2.41. The van der Waals surface area contributed by atoms with E-state index in [9.17, 15) is 9.90 Å². The minimum Gasteiger partial charge on any atom is -0.508 e. The quantitative estimate of drug-likeness (QED) is 0.750. The van der Waals surface area contributed by atoms with Gasteiger partial charge >= 0.3 is 0 Å². The summed E-state index contributed by atoms with van der Waals surface area (Å²) in [6, 6.07) is 5.99. The summed E-state index contributed by atoms with van der Waals surface area (Å²) in [5, 5.41) is 11.9. The van der Waals surface area contributed by atoms with Gasteiger partial charge in [0.05, 0.1) is 30.2 Å². The van der Waals surface area contributed by atoms with E-state index in [4.69, 9.17) is 5.73 Å². The second-order valence-electron chi connectivity index (χ2n) is 4.84. The van der Waals surface area contributed by atoms with Gasteiger partial charge in [-0.05, 0) is 31.0 Å². The van der Waals surface area contributed by atoms with Crippen molar-refractivity contribution in [3.05, 3.63) is 53.6 Å². The number of phenolic OH excluding ortho intramolecular Hbond substituents is 1. The van der Waals surface area contributed by atoms with Crippen LogP contribution in [0.3, 0.4) is 0 Å².